The Kier molecular flexibility index (Phi) is 9.81. The minimum absolute atomic E-state index is 0.0694. The van der Waals surface area contributed by atoms with E-state index in [0.29, 0.717) is 17.8 Å². The molecule has 25 heavy (non-hydrogen) atoms. The molecule has 1 aromatic carbocycles. The Bertz CT molecular complexity index is 642. The maximum Gasteiger partial charge on any atom is 0.239 e. The third-order valence-electron chi connectivity index (χ3n) is 3.15. The van der Waals surface area contributed by atoms with Gasteiger partial charge in [0.25, 0.3) is 0 Å². The number of hydrogen-bond acceptors (Lipinski definition) is 5. The zero-order chi connectivity index (χ0) is 18.5. The van der Waals surface area contributed by atoms with Crippen molar-refractivity contribution in [2.24, 2.45) is 5.11 Å². The van der Waals surface area contributed by atoms with Gasteiger partial charge in [-0.3, -0.25) is 14.4 Å². The van der Waals surface area contributed by atoms with Crippen LogP contribution in [0, 0.1) is 0 Å². The van der Waals surface area contributed by atoms with Gasteiger partial charge in [-0.25, -0.2) is 0 Å². The van der Waals surface area contributed by atoms with E-state index in [2.05, 4.69) is 27.6 Å². The average Bonchev–Trinajstić information content (AvgIpc) is 2.62. The minimum atomic E-state index is -0.382. The number of benzene rings is 1. The molecule has 1 rings (SSSR count). The minimum Gasteiger partial charge on any atom is -0.355 e. The number of carbonyl (C=O) groups is 3. The monoisotopic (exact) mass is 363 g/mol. The normalized spacial score (nSPS) is 9.80. The van der Waals surface area contributed by atoms with Gasteiger partial charge >= 0.3 is 0 Å². The predicted octanol–water partition coefficient (Wildman–Crippen LogP) is 2.92. The number of azide groups is 1. The van der Waals surface area contributed by atoms with E-state index in [9.17, 15) is 14.4 Å². The standard InChI is InChI=1S/C16H21N5O3S/c1-2-3-4-9-18-14(22)10-19-15(23)11-25-16(24)12-5-7-13(8-6-12)20-21-17/h5-8H,2-4,9-11H2,1H3,(H,18,22)(H,19,23). The molecule has 0 saturated heterocycles. The predicted molar refractivity (Wildman–Crippen MR) is 97.6 cm³/mol. The smallest absolute Gasteiger partial charge is 0.239 e. The summed E-state index contributed by atoms with van der Waals surface area (Å²) in [5.74, 6) is -0.692. The van der Waals surface area contributed by atoms with Crippen LogP contribution in [-0.4, -0.2) is 35.8 Å². The molecule has 0 radical (unpaired) electrons. The Morgan fingerprint density at radius 2 is 1.84 bits per heavy atom. The lowest BCUT2D eigenvalue weighted by Crippen LogP contribution is -2.38. The molecule has 8 nitrogen and oxygen atoms in total. The highest BCUT2D eigenvalue weighted by atomic mass is 32.2. The lowest BCUT2D eigenvalue weighted by molar-refractivity contribution is -0.124. The van der Waals surface area contributed by atoms with E-state index in [1.165, 1.54) is 24.3 Å². The fraction of sp³-hybridized carbons (Fsp3) is 0.438. The Hall–Kier alpha value is -2.51. The van der Waals surface area contributed by atoms with Crippen molar-refractivity contribution in [3.8, 4) is 0 Å². The zero-order valence-corrected chi connectivity index (χ0v) is 14.8. The molecule has 2 N–H and O–H groups in total. The Labute approximate surface area is 150 Å². The topological polar surface area (TPSA) is 124 Å². The first-order valence-electron chi connectivity index (χ1n) is 7.92. The van der Waals surface area contributed by atoms with Crippen LogP contribution in [0.2, 0.25) is 0 Å². The summed E-state index contributed by atoms with van der Waals surface area (Å²) in [6.45, 7) is 2.58. The number of amides is 2. The van der Waals surface area contributed by atoms with Gasteiger partial charge in [0.1, 0.15) is 0 Å². The van der Waals surface area contributed by atoms with Gasteiger partial charge < -0.3 is 10.6 Å². The van der Waals surface area contributed by atoms with Crippen LogP contribution < -0.4 is 10.6 Å². The van der Waals surface area contributed by atoms with Crippen molar-refractivity contribution in [3.63, 3.8) is 0 Å². The number of nitrogens with one attached hydrogen (secondary N) is 2. The SMILES string of the molecule is CCCCCNC(=O)CNC(=O)CSC(=O)c1ccc(N=[N+]=[N-])cc1. The third kappa shape index (κ3) is 8.78. The molecule has 0 fully saturated rings. The zero-order valence-electron chi connectivity index (χ0n) is 14.0. The number of thioether (sulfide) groups is 1. The fourth-order valence-corrected chi connectivity index (χ4v) is 2.49. The second-order valence-corrected chi connectivity index (χ2v) is 6.09. The maximum absolute atomic E-state index is 12.0. The van der Waals surface area contributed by atoms with Gasteiger partial charge in [0.05, 0.1) is 12.3 Å². The molecule has 0 unspecified atom stereocenters. The van der Waals surface area contributed by atoms with Gasteiger partial charge in [0.15, 0.2) is 0 Å². The van der Waals surface area contributed by atoms with Gasteiger partial charge in [0, 0.05) is 22.7 Å². The third-order valence-corrected chi connectivity index (χ3v) is 4.05. The molecule has 0 aliphatic carbocycles. The molecule has 0 aliphatic rings. The summed E-state index contributed by atoms with van der Waals surface area (Å²) in [7, 11) is 0. The van der Waals surface area contributed by atoms with Crippen LogP contribution >= 0.6 is 11.8 Å². The molecule has 2 amide bonds. The number of rotatable bonds is 10. The fourth-order valence-electron chi connectivity index (χ4n) is 1.83. The molecule has 0 aromatic heterocycles. The van der Waals surface area contributed by atoms with E-state index in [4.69, 9.17) is 5.53 Å². The molecule has 134 valence electrons. The highest BCUT2D eigenvalue weighted by Gasteiger charge is 2.11. The summed E-state index contributed by atoms with van der Waals surface area (Å²) in [5.41, 5.74) is 9.13. The van der Waals surface area contributed by atoms with Crippen molar-refractivity contribution in [2.45, 2.75) is 26.2 Å². The van der Waals surface area contributed by atoms with Crippen molar-refractivity contribution in [1.82, 2.24) is 10.6 Å². The Balaban J connectivity index is 2.27. The summed E-state index contributed by atoms with van der Waals surface area (Å²) in [6, 6.07) is 6.11. The molecular weight excluding hydrogens is 342 g/mol. The molecule has 0 aliphatic heterocycles. The van der Waals surface area contributed by atoms with Crippen molar-refractivity contribution in [1.29, 1.82) is 0 Å². The van der Waals surface area contributed by atoms with Crippen LogP contribution in [0.1, 0.15) is 36.5 Å². The van der Waals surface area contributed by atoms with Gasteiger partial charge in [0.2, 0.25) is 16.9 Å². The summed E-state index contributed by atoms with van der Waals surface area (Å²) >= 11 is 0.847. The molecule has 0 spiro atoms. The number of unbranched alkanes of at least 4 members (excludes halogenated alkanes) is 2. The van der Waals surface area contributed by atoms with Crippen LogP contribution in [0.5, 0.6) is 0 Å². The first-order valence-corrected chi connectivity index (χ1v) is 8.91. The van der Waals surface area contributed by atoms with Gasteiger partial charge in [-0.15, -0.1) is 0 Å². The molecular formula is C16H21N5O3S. The van der Waals surface area contributed by atoms with Crippen LogP contribution in [0.15, 0.2) is 29.4 Å². The van der Waals surface area contributed by atoms with Gasteiger partial charge in [-0.2, -0.15) is 0 Å². The van der Waals surface area contributed by atoms with E-state index >= 15 is 0 Å². The molecule has 0 bridgehead atoms. The Morgan fingerprint density at radius 3 is 2.48 bits per heavy atom. The summed E-state index contributed by atoms with van der Waals surface area (Å²) in [5, 5.41) is 8.34. The molecule has 0 atom stereocenters. The lowest BCUT2D eigenvalue weighted by atomic mass is 10.2. The summed E-state index contributed by atoms with van der Waals surface area (Å²) < 4.78 is 0. The summed E-state index contributed by atoms with van der Waals surface area (Å²) in [4.78, 5) is 37.8. The second kappa shape index (κ2) is 11.9. The second-order valence-electron chi connectivity index (χ2n) is 5.15. The molecule has 0 heterocycles. The number of carbonyl (C=O) groups excluding carboxylic acids is 3. The van der Waals surface area contributed by atoms with Gasteiger partial charge in [-0.05, 0) is 12.0 Å². The van der Waals surface area contributed by atoms with Crippen molar-refractivity contribution >= 4 is 34.4 Å². The van der Waals surface area contributed by atoms with Crippen LogP contribution in [0.4, 0.5) is 5.69 Å². The quantitative estimate of drug-likeness (QED) is 0.287. The maximum atomic E-state index is 12.0. The summed E-state index contributed by atoms with van der Waals surface area (Å²) in [6.07, 6.45) is 3.04. The van der Waals surface area contributed by atoms with E-state index in [-0.39, 0.29) is 29.2 Å². The Morgan fingerprint density at radius 1 is 1.12 bits per heavy atom. The van der Waals surface area contributed by atoms with E-state index < -0.39 is 0 Å². The van der Waals surface area contributed by atoms with E-state index in [1.807, 2.05) is 0 Å². The number of hydrogen-bond donors (Lipinski definition) is 2. The van der Waals surface area contributed by atoms with Crippen LogP contribution in [0.3, 0.4) is 0 Å². The van der Waals surface area contributed by atoms with Crippen molar-refractivity contribution in [3.05, 3.63) is 40.3 Å². The van der Waals surface area contributed by atoms with Crippen molar-refractivity contribution < 1.29 is 14.4 Å². The highest BCUT2D eigenvalue weighted by Crippen LogP contribution is 2.17. The van der Waals surface area contributed by atoms with Crippen LogP contribution in [-0.2, 0) is 9.59 Å². The van der Waals surface area contributed by atoms with Crippen molar-refractivity contribution in [2.75, 3.05) is 18.8 Å². The van der Waals surface area contributed by atoms with E-state index in [0.717, 1.165) is 31.0 Å². The average molecular weight is 363 g/mol. The molecule has 9 heteroatoms. The van der Waals surface area contributed by atoms with Crippen LogP contribution in [0.25, 0.3) is 10.4 Å². The van der Waals surface area contributed by atoms with E-state index in [1.54, 1.807) is 0 Å². The largest absolute Gasteiger partial charge is 0.355 e. The highest BCUT2D eigenvalue weighted by molar-refractivity contribution is 8.14. The molecule has 0 saturated carbocycles. The molecule has 1 aromatic rings. The number of nitrogens with zero attached hydrogens (tertiary/aromatic N) is 3. The first-order chi connectivity index (χ1) is 12.1. The van der Waals surface area contributed by atoms with Gasteiger partial charge in [-0.1, -0.05) is 60.9 Å². The lowest BCUT2D eigenvalue weighted by Gasteiger charge is -2.06. The first kappa shape index (κ1) is 20.5.